The minimum atomic E-state index is -0.991. The third kappa shape index (κ3) is 2.61. The van der Waals surface area contributed by atoms with Gasteiger partial charge in [0.15, 0.2) is 11.5 Å². The molecule has 1 saturated heterocycles. The van der Waals surface area contributed by atoms with Gasteiger partial charge in [0, 0.05) is 12.6 Å². The molecule has 2 aromatic heterocycles. The van der Waals surface area contributed by atoms with Crippen LogP contribution in [0.15, 0.2) is 33.4 Å². The molecule has 3 heterocycles. The van der Waals surface area contributed by atoms with E-state index < -0.39 is 17.9 Å². The fourth-order valence-corrected chi connectivity index (χ4v) is 2.68. The summed E-state index contributed by atoms with van der Waals surface area (Å²) in [5.74, 6) is -0.337. The van der Waals surface area contributed by atoms with Gasteiger partial charge in [0.25, 0.3) is 5.91 Å². The first-order valence-electron chi connectivity index (χ1n) is 7.10. The van der Waals surface area contributed by atoms with Crippen molar-refractivity contribution in [2.24, 2.45) is 5.92 Å². The highest BCUT2D eigenvalue weighted by atomic mass is 16.5. The number of likely N-dealkylation sites (tertiary alicyclic amines) is 1. The van der Waals surface area contributed by atoms with Crippen LogP contribution >= 0.6 is 0 Å². The number of furan rings is 1. The van der Waals surface area contributed by atoms with Crippen LogP contribution in [0.5, 0.6) is 0 Å². The van der Waals surface area contributed by atoms with Crippen molar-refractivity contribution in [2.45, 2.75) is 25.8 Å². The zero-order valence-electron chi connectivity index (χ0n) is 12.1. The molecule has 0 radical (unpaired) electrons. The van der Waals surface area contributed by atoms with E-state index in [2.05, 4.69) is 5.16 Å². The summed E-state index contributed by atoms with van der Waals surface area (Å²) in [7, 11) is 0. The van der Waals surface area contributed by atoms with Crippen LogP contribution in [-0.4, -0.2) is 39.6 Å². The minimum Gasteiger partial charge on any atom is -0.480 e. The van der Waals surface area contributed by atoms with E-state index in [1.807, 2.05) is 6.92 Å². The van der Waals surface area contributed by atoms with E-state index >= 15 is 0 Å². The standard InChI is InChI=1S/C15H16N2O5/c1-9-4-5-17(11(7-9)15(19)20)14(18)10-8-13(22-16-10)12-3-2-6-21-12/h2-3,6,8-9,11H,4-5,7H2,1H3,(H,19,20). The maximum absolute atomic E-state index is 12.5. The molecule has 1 aliphatic rings. The molecule has 2 unspecified atom stereocenters. The number of carboxylic acids is 1. The average Bonchev–Trinajstić information content (AvgIpc) is 3.17. The smallest absolute Gasteiger partial charge is 0.326 e. The molecule has 116 valence electrons. The lowest BCUT2D eigenvalue weighted by atomic mass is 9.92. The van der Waals surface area contributed by atoms with Gasteiger partial charge in [-0.2, -0.15) is 0 Å². The zero-order chi connectivity index (χ0) is 15.7. The molecular formula is C15H16N2O5. The first-order chi connectivity index (χ1) is 10.6. The Morgan fingerprint density at radius 2 is 2.23 bits per heavy atom. The van der Waals surface area contributed by atoms with E-state index in [1.54, 1.807) is 12.1 Å². The van der Waals surface area contributed by atoms with Crippen LogP contribution in [0.1, 0.15) is 30.3 Å². The number of aliphatic carboxylic acids is 1. The number of carboxylic acid groups (broad SMARTS) is 1. The maximum Gasteiger partial charge on any atom is 0.326 e. The van der Waals surface area contributed by atoms with Crippen LogP contribution in [0.25, 0.3) is 11.5 Å². The first kappa shape index (κ1) is 14.4. The Balaban J connectivity index is 1.82. The highest BCUT2D eigenvalue weighted by Gasteiger charge is 2.36. The number of carbonyl (C=O) groups is 2. The van der Waals surface area contributed by atoms with Gasteiger partial charge in [0.05, 0.1) is 6.26 Å². The van der Waals surface area contributed by atoms with E-state index in [0.29, 0.717) is 24.5 Å². The van der Waals surface area contributed by atoms with Crippen molar-refractivity contribution >= 4 is 11.9 Å². The average molecular weight is 304 g/mol. The number of carbonyl (C=O) groups excluding carboxylic acids is 1. The summed E-state index contributed by atoms with van der Waals surface area (Å²) in [6.45, 7) is 2.39. The van der Waals surface area contributed by atoms with Crippen LogP contribution in [0.2, 0.25) is 0 Å². The second-order valence-corrected chi connectivity index (χ2v) is 5.54. The molecular weight excluding hydrogens is 288 g/mol. The molecule has 1 fully saturated rings. The van der Waals surface area contributed by atoms with E-state index in [-0.39, 0.29) is 11.6 Å². The van der Waals surface area contributed by atoms with E-state index in [4.69, 9.17) is 8.94 Å². The normalized spacial score (nSPS) is 21.8. The Bertz CT molecular complexity index is 676. The van der Waals surface area contributed by atoms with Crippen molar-refractivity contribution in [3.8, 4) is 11.5 Å². The van der Waals surface area contributed by atoms with Crippen LogP contribution < -0.4 is 0 Å². The van der Waals surface area contributed by atoms with Gasteiger partial charge in [-0.25, -0.2) is 4.79 Å². The van der Waals surface area contributed by atoms with Crippen molar-refractivity contribution < 1.29 is 23.6 Å². The van der Waals surface area contributed by atoms with Gasteiger partial charge in [-0.3, -0.25) is 4.79 Å². The third-order valence-corrected chi connectivity index (χ3v) is 3.90. The summed E-state index contributed by atoms with van der Waals surface area (Å²) < 4.78 is 10.3. The maximum atomic E-state index is 12.5. The Hall–Kier alpha value is -2.57. The van der Waals surface area contributed by atoms with Gasteiger partial charge in [0.1, 0.15) is 6.04 Å². The van der Waals surface area contributed by atoms with Crippen LogP contribution in [0.3, 0.4) is 0 Å². The lowest BCUT2D eigenvalue weighted by molar-refractivity contribution is -0.144. The number of rotatable bonds is 3. The predicted octanol–water partition coefficient (Wildman–Crippen LogP) is 2.26. The van der Waals surface area contributed by atoms with E-state index in [9.17, 15) is 14.7 Å². The van der Waals surface area contributed by atoms with Crippen molar-refractivity contribution in [3.05, 3.63) is 30.2 Å². The van der Waals surface area contributed by atoms with Gasteiger partial charge >= 0.3 is 5.97 Å². The van der Waals surface area contributed by atoms with Gasteiger partial charge < -0.3 is 18.9 Å². The third-order valence-electron chi connectivity index (χ3n) is 3.90. The second kappa shape index (κ2) is 5.67. The lowest BCUT2D eigenvalue weighted by Gasteiger charge is -2.35. The molecule has 1 N–H and O–H groups in total. The van der Waals surface area contributed by atoms with Crippen LogP contribution in [0, 0.1) is 5.92 Å². The Kier molecular flexibility index (Phi) is 3.70. The fraction of sp³-hybridized carbons (Fsp3) is 0.400. The number of aromatic nitrogens is 1. The molecule has 22 heavy (non-hydrogen) atoms. The summed E-state index contributed by atoms with van der Waals surface area (Å²) >= 11 is 0. The molecule has 3 rings (SSSR count). The molecule has 0 bridgehead atoms. The topological polar surface area (TPSA) is 96.8 Å². The van der Waals surface area contributed by atoms with Crippen molar-refractivity contribution in [1.82, 2.24) is 10.1 Å². The largest absolute Gasteiger partial charge is 0.480 e. The van der Waals surface area contributed by atoms with E-state index in [1.165, 1.54) is 17.2 Å². The van der Waals surface area contributed by atoms with Gasteiger partial charge in [-0.05, 0) is 30.9 Å². The number of nitrogens with zero attached hydrogens (tertiary/aromatic N) is 2. The number of hydrogen-bond acceptors (Lipinski definition) is 5. The summed E-state index contributed by atoms with van der Waals surface area (Å²) in [4.78, 5) is 25.3. The molecule has 1 aliphatic heterocycles. The second-order valence-electron chi connectivity index (χ2n) is 5.54. The van der Waals surface area contributed by atoms with Crippen molar-refractivity contribution in [1.29, 1.82) is 0 Å². The van der Waals surface area contributed by atoms with Gasteiger partial charge in [-0.15, -0.1) is 0 Å². The summed E-state index contributed by atoms with van der Waals surface area (Å²) in [5, 5.41) is 13.1. The van der Waals surface area contributed by atoms with E-state index in [0.717, 1.165) is 6.42 Å². The molecule has 7 nitrogen and oxygen atoms in total. The summed E-state index contributed by atoms with van der Waals surface area (Å²) in [5.41, 5.74) is 0.0900. The van der Waals surface area contributed by atoms with Crippen LogP contribution in [0.4, 0.5) is 0 Å². The molecule has 0 aromatic carbocycles. The predicted molar refractivity (Wildman–Crippen MR) is 75.1 cm³/mol. The quantitative estimate of drug-likeness (QED) is 0.934. The molecule has 1 amide bonds. The van der Waals surface area contributed by atoms with Crippen LogP contribution in [-0.2, 0) is 4.79 Å². The highest BCUT2D eigenvalue weighted by Crippen LogP contribution is 2.26. The first-order valence-corrected chi connectivity index (χ1v) is 7.10. The number of piperidine rings is 1. The number of amides is 1. The number of hydrogen-bond donors (Lipinski definition) is 1. The van der Waals surface area contributed by atoms with Crippen molar-refractivity contribution in [2.75, 3.05) is 6.54 Å². The molecule has 7 heteroatoms. The van der Waals surface area contributed by atoms with Gasteiger partial charge in [-0.1, -0.05) is 12.1 Å². The van der Waals surface area contributed by atoms with Gasteiger partial charge in [0.2, 0.25) is 5.76 Å². The Morgan fingerprint density at radius 3 is 2.91 bits per heavy atom. The minimum absolute atomic E-state index is 0.0900. The molecule has 0 aliphatic carbocycles. The zero-order valence-corrected chi connectivity index (χ0v) is 12.1. The summed E-state index contributed by atoms with van der Waals surface area (Å²) in [6.07, 6.45) is 2.72. The Labute approximate surface area is 126 Å². The van der Waals surface area contributed by atoms with Crippen molar-refractivity contribution in [3.63, 3.8) is 0 Å². The lowest BCUT2D eigenvalue weighted by Crippen LogP contribution is -2.49. The SMILES string of the molecule is CC1CCN(C(=O)c2cc(-c3ccco3)on2)C(C(=O)O)C1. The molecule has 2 aromatic rings. The monoisotopic (exact) mass is 304 g/mol. The highest BCUT2D eigenvalue weighted by molar-refractivity contribution is 5.95. The molecule has 0 saturated carbocycles. The summed E-state index contributed by atoms with van der Waals surface area (Å²) in [6, 6.07) is 4.04. The molecule has 2 atom stereocenters. The molecule has 0 spiro atoms. The Morgan fingerprint density at radius 1 is 1.41 bits per heavy atom. The fourth-order valence-electron chi connectivity index (χ4n) is 2.68.